The van der Waals surface area contributed by atoms with Crippen molar-refractivity contribution in [2.45, 2.75) is 26.9 Å². The summed E-state index contributed by atoms with van der Waals surface area (Å²) in [6.45, 7) is 6.03. The molecule has 0 saturated carbocycles. The van der Waals surface area contributed by atoms with Crippen LogP contribution < -0.4 is 14.8 Å². The summed E-state index contributed by atoms with van der Waals surface area (Å²) >= 11 is 0. The summed E-state index contributed by atoms with van der Waals surface area (Å²) in [5.41, 5.74) is 0.580. The van der Waals surface area contributed by atoms with E-state index >= 15 is 0 Å². The zero-order valence-corrected chi connectivity index (χ0v) is 15.0. The predicted octanol–water partition coefficient (Wildman–Crippen LogP) is 2.54. The van der Waals surface area contributed by atoms with Gasteiger partial charge < -0.3 is 19.4 Å². The first-order valence-corrected chi connectivity index (χ1v) is 8.04. The fraction of sp³-hybridized carbons (Fsp3) is 0.471. The van der Waals surface area contributed by atoms with Crippen LogP contribution in [0.25, 0.3) is 0 Å². The lowest BCUT2D eigenvalue weighted by Crippen LogP contribution is -2.24. The monoisotopic (exact) mass is 348 g/mol. The quantitative estimate of drug-likeness (QED) is 0.553. The van der Waals surface area contributed by atoms with Crippen molar-refractivity contribution in [3.05, 3.63) is 46.0 Å². The first-order chi connectivity index (χ1) is 12.0. The summed E-state index contributed by atoms with van der Waals surface area (Å²) < 4.78 is 12.5. The maximum Gasteiger partial charge on any atom is 0.277 e. The van der Waals surface area contributed by atoms with Crippen LogP contribution >= 0.6 is 0 Å². The highest BCUT2D eigenvalue weighted by Gasteiger charge is 2.19. The van der Waals surface area contributed by atoms with Gasteiger partial charge in [-0.05, 0) is 25.5 Å². The zero-order valence-electron chi connectivity index (χ0n) is 15.0. The number of rotatable bonds is 9. The van der Waals surface area contributed by atoms with Gasteiger partial charge in [-0.15, -0.1) is 0 Å². The molecule has 1 aromatic heterocycles. The van der Waals surface area contributed by atoms with Gasteiger partial charge in [0.1, 0.15) is 5.82 Å². The second-order valence-corrected chi connectivity index (χ2v) is 5.96. The van der Waals surface area contributed by atoms with Crippen molar-refractivity contribution in [1.82, 2.24) is 14.9 Å². The molecule has 1 atom stereocenters. The average molecular weight is 348 g/mol. The molecule has 1 aromatic carbocycles. The van der Waals surface area contributed by atoms with Gasteiger partial charge in [-0.1, -0.05) is 6.92 Å². The van der Waals surface area contributed by atoms with Crippen molar-refractivity contribution in [3.63, 3.8) is 0 Å². The third kappa shape index (κ3) is 4.69. The Hall–Kier alpha value is -2.61. The number of hydrogen-bond acceptors (Lipinski definition) is 6. The number of hydrogen-bond donors (Lipinski definition) is 1. The lowest BCUT2D eigenvalue weighted by Gasteiger charge is -2.15. The number of nitrogens with one attached hydrogen (secondary N) is 1. The number of nitrogens with zero attached hydrogens (tertiary/aromatic N) is 3. The number of benzene rings is 1. The summed E-state index contributed by atoms with van der Waals surface area (Å²) in [4.78, 5) is 15.1. The van der Waals surface area contributed by atoms with E-state index in [4.69, 9.17) is 9.47 Å². The van der Waals surface area contributed by atoms with Crippen LogP contribution in [-0.4, -0.2) is 35.2 Å². The standard InChI is InChI=1S/C17H24N4O4/c1-12(11-20-6-5-19-13(20)2)9-18-10-14-7-16(24-3)17(25-4)8-15(14)21(22)23/h5-8,12,18H,9-11H2,1-4H3. The molecule has 0 bridgehead atoms. The fourth-order valence-corrected chi connectivity index (χ4v) is 2.67. The highest BCUT2D eigenvalue weighted by Crippen LogP contribution is 2.34. The van der Waals surface area contributed by atoms with Crippen molar-refractivity contribution < 1.29 is 14.4 Å². The highest BCUT2D eigenvalue weighted by atomic mass is 16.6. The van der Waals surface area contributed by atoms with Gasteiger partial charge in [-0.25, -0.2) is 4.98 Å². The normalized spacial score (nSPS) is 12.0. The minimum absolute atomic E-state index is 0.0169. The molecule has 0 radical (unpaired) electrons. The Balaban J connectivity index is 2.01. The van der Waals surface area contributed by atoms with E-state index in [1.807, 2.05) is 13.1 Å². The maximum atomic E-state index is 11.3. The number of aromatic nitrogens is 2. The Morgan fingerprint density at radius 2 is 2.00 bits per heavy atom. The van der Waals surface area contributed by atoms with Crippen LogP contribution in [0.1, 0.15) is 18.3 Å². The van der Waals surface area contributed by atoms with E-state index in [1.165, 1.54) is 20.3 Å². The molecule has 0 aliphatic carbocycles. The molecule has 1 N–H and O–H groups in total. The van der Waals surface area contributed by atoms with Crippen molar-refractivity contribution in [1.29, 1.82) is 0 Å². The first kappa shape index (κ1) is 18.7. The summed E-state index contributed by atoms with van der Waals surface area (Å²) in [7, 11) is 2.97. The first-order valence-electron chi connectivity index (χ1n) is 8.04. The molecule has 1 unspecified atom stereocenters. The van der Waals surface area contributed by atoms with Crippen LogP contribution in [0, 0.1) is 23.0 Å². The molecule has 2 rings (SSSR count). The van der Waals surface area contributed by atoms with Gasteiger partial charge in [0.25, 0.3) is 5.69 Å². The predicted molar refractivity (Wildman–Crippen MR) is 94.0 cm³/mol. The Bertz CT molecular complexity index is 729. The van der Waals surface area contributed by atoms with E-state index < -0.39 is 4.92 Å². The molecule has 0 fully saturated rings. The van der Waals surface area contributed by atoms with Crippen LogP contribution in [0.2, 0.25) is 0 Å². The van der Waals surface area contributed by atoms with E-state index in [9.17, 15) is 10.1 Å². The average Bonchev–Trinajstić information content (AvgIpc) is 2.98. The van der Waals surface area contributed by atoms with Crippen LogP contribution in [0.3, 0.4) is 0 Å². The van der Waals surface area contributed by atoms with Gasteiger partial charge in [-0.2, -0.15) is 0 Å². The van der Waals surface area contributed by atoms with Gasteiger partial charge >= 0.3 is 0 Å². The maximum absolute atomic E-state index is 11.3. The minimum Gasteiger partial charge on any atom is -0.493 e. The van der Waals surface area contributed by atoms with Crippen molar-refractivity contribution >= 4 is 5.69 Å². The van der Waals surface area contributed by atoms with Crippen molar-refractivity contribution in [2.75, 3.05) is 20.8 Å². The molecule has 8 nitrogen and oxygen atoms in total. The molecule has 0 aliphatic rings. The molecule has 0 aliphatic heterocycles. The Morgan fingerprint density at radius 3 is 2.56 bits per heavy atom. The summed E-state index contributed by atoms with van der Waals surface area (Å²) in [6, 6.07) is 3.04. The fourth-order valence-electron chi connectivity index (χ4n) is 2.67. The van der Waals surface area contributed by atoms with E-state index in [0.717, 1.165) is 18.9 Å². The minimum atomic E-state index is -0.406. The van der Waals surface area contributed by atoms with E-state index in [2.05, 4.69) is 21.8 Å². The van der Waals surface area contributed by atoms with E-state index in [1.54, 1.807) is 12.3 Å². The third-order valence-corrected chi connectivity index (χ3v) is 4.02. The van der Waals surface area contributed by atoms with Crippen LogP contribution in [-0.2, 0) is 13.1 Å². The Morgan fingerprint density at radius 1 is 1.32 bits per heavy atom. The van der Waals surface area contributed by atoms with Gasteiger partial charge in [0.15, 0.2) is 11.5 Å². The molecule has 0 saturated heterocycles. The Labute approximate surface area is 146 Å². The molecular formula is C17H24N4O4. The zero-order chi connectivity index (χ0) is 18.4. The highest BCUT2D eigenvalue weighted by molar-refractivity contribution is 5.54. The van der Waals surface area contributed by atoms with Gasteiger partial charge in [0, 0.05) is 31.0 Å². The molecule has 0 spiro atoms. The van der Waals surface area contributed by atoms with Crippen molar-refractivity contribution in [2.24, 2.45) is 5.92 Å². The molecule has 2 aromatic rings. The second kappa shape index (κ2) is 8.48. The van der Waals surface area contributed by atoms with Gasteiger partial charge in [0.2, 0.25) is 0 Å². The number of imidazole rings is 1. The topological polar surface area (TPSA) is 91.5 Å². The smallest absolute Gasteiger partial charge is 0.277 e. The lowest BCUT2D eigenvalue weighted by atomic mass is 10.1. The number of ether oxygens (including phenoxy) is 2. The Kier molecular flexibility index (Phi) is 6.35. The summed E-state index contributed by atoms with van der Waals surface area (Å²) in [5, 5.41) is 14.6. The number of nitro benzene ring substituents is 1. The molecular weight excluding hydrogens is 324 g/mol. The largest absolute Gasteiger partial charge is 0.493 e. The third-order valence-electron chi connectivity index (χ3n) is 4.02. The van der Waals surface area contributed by atoms with Crippen LogP contribution in [0.5, 0.6) is 11.5 Å². The SMILES string of the molecule is COc1cc(CNCC(C)Cn2ccnc2C)c([N+](=O)[O-])cc1OC. The number of aryl methyl sites for hydroxylation is 1. The molecule has 8 heteroatoms. The molecule has 136 valence electrons. The lowest BCUT2D eigenvalue weighted by molar-refractivity contribution is -0.385. The summed E-state index contributed by atoms with van der Waals surface area (Å²) in [5.74, 6) is 2.16. The molecule has 25 heavy (non-hydrogen) atoms. The number of nitro groups is 1. The van der Waals surface area contributed by atoms with Crippen molar-refractivity contribution in [3.8, 4) is 11.5 Å². The molecule has 0 amide bonds. The van der Waals surface area contributed by atoms with E-state index in [0.29, 0.717) is 29.5 Å². The molecule has 1 heterocycles. The number of methoxy groups -OCH3 is 2. The second-order valence-electron chi connectivity index (χ2n) is 5.96. The summed E-state index contributed by atoms with van der Waals surface area (Å²) in [6.07, 6.45) is 3.73. The van der Waals surface area contributed by atoms with E-state index in [-0.39, 0.29) is 5.69 Å². The van der Waals surface area contributed by atoms with Gasteiger partial charge in [-0.3, -0.25) is 10.1 Å². The van der Waals surface area contributed by atoms with Crippen LogP contribution in [0.15, 0.2) is 24.5 Å². The van der Waals surface area contributed by atoms with Gasteiger partial charge in [0.05, 0.1) is 25.2 Å². The van der Waals surface area contributed by atoms with Crippen LogP contribution in [0.4, 0.5) is 5.69 Å².